The van der Waals surface area contributed by atoms with Gasteiger partial charge in [-0.1, -0.05) is 6.92 Å². The molecule has 2 atom stereocenters. The maximum atomic E-state index is 12.0. The zero-order valence-electron chi connectivity index (χ0n) is 10.6. The van der Waals surface area contributed by atoms with Gasteiger partial charge >= 0.3 is 0 Å². The predicted octanol–water partition coefficient (Wildman–Crippen LogP) is -0.408. The minimum atomic E-state index is -0.769. The van der Waals surface area contributed by atoms with Gasteiger partial charge < -0.3 is 15.0 Å². The molecule has 1 fully saturated rings. The number of carbonyl (C=O) groups excluding carboxylic acids is 1. The second-order valence-electron chi connectivity index (χ2n) is 4.05. The van der Waals surface area contributed by atoms with E-state index in [0.717, 1.165) is 0 Å². The average Bonchev–Trinajstić information content (AvgIpc) is 2.38. The molecule has 0 aromatic carbocycles. The van der Waals surface area contributed by atoms with Crippen LogP contribution in [0.5, 0.6) is 0 Å². The topological polar surface area (TPSA) is 58.6 Å². The van der Waals surface area contributed by atoms with E-state index in [4.69, 9.17) is 4.74 Å². The Bertz CT molecular complexity index is 267. The Kier molecular flexibility index (Phi) is 6.69. The zero-order valence-corrected chi connectivity index (χ0v) is 11.4. The minimum Gasteiger partial charge on any atom is -0.378 e. The molecule has 1 aliphatic heterocycles. The van der Waals surface area contributed by atoms with Crippen molar-refractivity contribution < 1.29 is 13.7 Å². The summed E-state index contributed by atoms with van der Waals surface area (Å²) in [6.07, 6.45) is 0. The van der Waals surface area contributed by atoms with Gasteiger partial charge in [0.2, 0.25) is 5.91 Å². The van der Waals surface area contributed by atoms with Crippen LogP contribution in [-0.2, 0) is 20.3 Å². The molecule has 0 aromatic heterocycles. The van der Waals surface area contributed by atoms with Crippen LogP contribution in [0.15, 0.2) is 0 Å². The normalized spacial score (nSPS) is 20.0. The van der Waals surface area contributed by atoms with E-state index >= 15 is 0 Å². The van der Waals surface area contributed by atoms with Crippen molar-refractivity contribution in [2.24, 2.45) is 0 Å². The highest BCUT2D eigenvalue weighted by Gasteiger charge is 2.21. The van der Waals surface area contributed by atoms with E-state index in [2.05, 4.69) is 5.32 Å². The number of ether oxygens (including phenoxy) is 1. The molecule has 1 N–H and O–H groups in total. The van der Waals surface area contributed by atoms with Gasteiger partial charge in [-0.25, -0.2) is 0 Å². The quantitative estimate of drug-likeness (QED) is 0.707. The van der Waals surface area contributed by atoms with E-state index in [1.807, 2.05) is 18.7 Å². The third-order valence-electron chi connectivity index (χ3n) is 2.80. The SMILES string of the molecule is CCS(=O)CCNC(C)C(=O)N1CCOCC1. The first kappa shape index (κ1) is 14.6. The molecule has 1 rings (SSSR count). The van der Waals surface area contributed by atoms with E-state index < -0.39 is 10.8 Å². The summed E-state index contributed by atoms with van der Waals surface area (Å²) < 4.78 is 16.4. The molecule has 0 bridgehead atoms. The zero-order chi connectivity index (χ0) is 12.7. The molecule has 1 heterocycles. The Morgan fingerprint density at radius 3 is 2.71 bits per heavy atom. The first-order valence-electron chi connectivity index (χ1n) is 6.10. The summed E-state index contributed by atoms with van der Waals surface area (Å²) >= 11 is 0. The molecule has 6 heteroatoms. The minimum absolute atomic E-state index is 0.107. The van der Waals surface area contributed by atoms with Crippen molar-refractivity contribution in [1.29, 1.82) is 0 Å². The summed E-state index contributed by atoms with van der Waals surface area (Å²) in [6.45, 7) is 6.97. The van der Waals surface area contributed by atoms with Crippen molar-refractivity contribution >= 4 is 16.7 Å². The lowest BCUT2D eigenvalue weighted by atomic mass is 10.2. The summed E-state index contributed by atoms with van der Waals surface area (Å²) in [5, 5.41) is 3.12. The van der Waals surface area contributed by atoms with Crippen LogP contribution in [0.1, 0.15) is 13.8 Å². The maximum Gasteiger partial charge on any atom is 0.239 e. The third kappa shape index (κ3) is 5.14. The molecule has 1 amide bonds. The van der Waals surface area contributed by atoms with Crippen molar-refractivity contribution in [3.05, 3.63) is 0 Å². The van der Waals surface area contributed by atoms with Crippen LogP contribution >= 0.6 is 0 Å². The monoisotopic (exact) mass is 262 g/mol. The molecule has 100 valence electrons. The van der Waals surface area contributed by atoms with Gasteiger partial charge in [-0.15, -0.1) is 0 Å². The van der Waals surface area contributed by atoms with Gasteiger partial charge in [0.15, 0.2) is 0 Å². The molecule has 0 saturated carbocycles. The fraction of sp³-hybridized carbons (Fsp3) is 0.909. The maximum absolute atomic E-state index is 12.0. The third-order valence-corrected chi connectivity index (χ3v) is 4.10. The molecule has 1 saturated heterocycles. The van der Waals surface area contributed by atoms with Crippen LogP contribution in [0.2, 0.25) is 0 Å². The summed E-state index contributed by atoms with van der Waals surface area (Å²) in [5.74, 6) is 1.39. The first-order valence-corrected chi connectivity index (χ1v) is 7.58. The van der Waals surface area contributed by atoms with Crippen LogP contribution in [0.3, 0.4) is 0 Å². The largest absolute Gasteiger partial charge is 0.378 e. The summed E-state index contributed by atoms with van der Waals surface area (Å²) in [7, 11) is -0.769. The van der Waals surface area contributed by atoms with Gasteiger partial charge in [0.05, 0.1) is 19.3 Å². The van der Waals surface area contributed by atoms with Crippen LogP contribution in [-0.4, -0.2) is 65.4 Å². The average molecular weight is 262 g/mol. The van der Waals surface area contributed by atoms with Gasteiger partial charge in [0, 0.05) is 41.9 Å². The molecule has 0 aliphatic carbocycles. The second kappa shape index (κ2) is 7.79. The smallest absolute Gasteiger partial charge is 0.239 e. The molecule has 17 heavy (non-hydrogen) atoms. The van der Waals surface area contributed by atoms with Crippen molar-refractivity contribution in [3.8, 4) is 0 Å². The fourth-order valence-corrected chi connectivity index (χ4v) is 2.31. The van der Waals surface area contributed by atoms with Gasteiger partial charge in [0.25, 0.3) is 0 Å². The van der Waals surface area contributed by atoms with Crippen molar-refractivity contribution in [2.75, 3.05) is 44.4 Å². The van der Waals surface area contributed by atoms with Gasteiger partial charge in [-0.2, -0.15) is 0 Å². The number of rotatable bonds is 6. The van der Waals surface area contributed by atoms with E-state index in [1.165, 1.54) is 0 Å². The lowest BCUT2D eigenvalue weighted by molar-refractivity contribution is -0.137. The highest BCUT2D eigenvalue weighted by Crippen LogP contribution is 2.00. The lowest BCUT2D eigenvalue weighted by Gasteiger charge is -2.29. The molecule has 0 radical (unpaired) electrons. The number of amides is 1. The van der Waals surface area contributed by atoms with Crippen LogP contribution in [0.4, 0.5) is 0 Å². The Hall–Kier alpha value is -0.460. The highest BCUT2D eigenvalue weighted by molar-refractivity contribution is 7.84. The fourth-order valence-electron chi connectivity index (χ4n) is 1.68. The number of hydrogen-bond acceptors (Lipinski definition) is 4. The molecule has 0 aromatic rings. The standard InChI is InChI=1S/C11H22N2O3S/c1-3-17(15)9-4-12-10(2)11(14)13-5-7-16-8-6-13/h10,12H,3-9H2,1-2H3. The Balaban J connectivity index is 2.23. The second-order valence-corrected chi connectivity index (χ2v) is 5.91. The number of carbonyl (C=O) groups is 1. The van der Waals surface area contributed by atoms with Crippen molar-refractivity contribution in [1.82, 2.24) is 10.2 Å². The lowest BCUT2D eigenvalue weighted by Crippen LogP contribution is -2.49. The van der Waals surface area contributed by atoms with Crippen LogP contribution in [0.25, 0.3) is 0 Å². The molecule has 2 unspecified atom stereocenters. The van der Waals surface area contributed by atoms with E-state index in [1.54, 1.807) is 0 Å². The first-order chi connectivity index (χ1) is 8.15. The van der Waals surface area contributed by atoms with Crippen molar-refractivity contribution in [2.45, 2.75) is 19.9 Å². The Morgan fingerprint density at radius 1 is 1.47 bits per heavy atom. The van der Waals surface area contributed by atoms with Crippen LogP contribution in [0, 0.1) is 0 Å². The van der Waals surface area contributed by atoms with Crippen LogP contribution < -0.4 is 5.32 Å². The molecular formula is C11H22N2O3S. The van der Waals surface area contributed by atoms with Gasteiger partial charge in [-0.05, 0) is 6.92 Å². The molecule has 5 nitrogen and oxygen atoms in total. The Morgan fingerprint density at radius 2 is 2.12 bits per heavy atom. The number of nitrogens with zero attached hydrogens (tertiary/aromatic N) is 1. The van der Waals surface area contributed by atoms with E-state index in [-0.39, 0.29) is 11.9 Å². The summed E-state index contributed by atoms with van der Waals surface area (Å²) in [6, 6.07) is -0.207. The van der Waals surface area contributed by atoms with E-state index in [9.17, 15) is 9.00 Å². The summed E-state index contributed by atoms with van der Waals surface area (Å²) in [4.78, 5) is 13.8. The predicted molar refractivity (Wildman–Crippen MR) is 68.4 cm³/mol. The number of nitrogens with one attached hydrogen (secondary N) is 1. The van der Waals surface area contributed by atoms with Gasteiger partial charge in [-0.3, -0.25) is 9.00 Å². The number of hydrogen-bond donors (Lipinski definition) is 1. The van der Waals surface area contributed by atoms with Gasteiger partial charge in [0.1, 0.15) is 0 Å². The molecule has 1 aliphatic rings. The van der Waals surface area contributed by atoms with E-state index in [0.29, 0.717) is 44.4 Å². The molecular weight excluding hydrogens is 240 g/mol. The summed E-state index contributed by atoms with van der Waals surface area (Å²) in [5.41, 5.74) is 0. The highest BCUT2D eigenvalue weighted by atomic mass is 32.2. The van der Waals surface area contributed by atoms with Crippen molar-refractivity contribution in [3.63, 3.8) is 0 Å². The number of morpholine rings is 1. The molecule has 0 spiro atoms. The Labute approximate surface area is 105 Å².